The van der Waals surface area contributed by atoms with E-state index in [0.717, 1.165) is 37.9 Å². The number of rotatable bonds is 3. The minimum Gasteiger partial charge on any atom is -0.380 e. The third kappa shape index (κ3) is 4.23. The first kappa shape index (κ1) is 18.2. The molecule has 1 aromatic heterocycles. The fraction of sp³-hybridized carbons (Fsp3) is 0.389. The van der Waals surface area contributed by atoms with Crippen LogP contribution in [0.3, 0.4) is 0 Å². The van der Waals surface area contributed by atoms with Gasteiger partial charge in [0.25, 0.3) is 0 Å². The lowest BCUT2D eigenvalue weighted by molar-refractivity contribution is 0.112. The molecule has 0 radical (unpaired) electrons. The molecule has 1 fully saturated rings. The number of aromatic nitrogens is 2. The lowest BCUT2D eigenvalue weighted by Crippen LogP contribution is -2.35. The van der Waals surface area contributed by atoms with Gasteiger partial charge >= 0.3 is 0 Å². The van der Waals surface area contributed by atoms with E-state index in [1.165, 1.54) is 5.56 Å². The van der Waals surface area contributed by atoms with Crippen LogP contribution in [0, 0.1) is 0 Å². The Bertz CT molecular complexity index is 675. The van der Waals surface area contributed by atoms with Gasteiger partial charge in [0.1, 0.15) is 6.29 Å². The van der Waals surface area contributed by atoms with E-state index in [2.05, 4.69) is 15.1 Å². The van der Waals surface area contributed by atoms with Crippen LogP contribution in [-0.4, -0.2) is 29.6 Å². The fourth-order valence-electron chi connectivity index (χ4n) is 2.94. The number of nitrogen functional groups attached to an aromatic ring is 1. The molecule has 1 aromatic carbocycles. The van der Waals surface area contributed by atoms with E-state index in [1.54, 1.807) is 6.07 Å². The SMILES string of the molecule is CC.Nc1nnc(Cl)cc1N1CCCC(c2ccc(C=O)cc2)C1. The summed E-state index contributed by atoms with van der Waals surface area (Å²) in [5, 5.41) is 8.00. The smallest absolute Gasteiger partial charge is 0.169 e. The van der Waals surface area contributed by atoms with Gasteiger partial charge in [0.15, 0.2) is 11.0 Å². The summed E-state index contributed by atoms with van der Waals surface area (Å²) in [4.78, 5) is 13.0. The van der Waals surface area contributed by atoms with Gasteiger partial charge in [0.2, 0.25) is 0 Å². The number of aldehydes is 1. The first-order valence-electron chi connectivity index (χ1n) is 8.26. The highest BCUT2D eigenvalue weighted by Crippen LogP contribution is 2.32. The second kappa shape index (κ2) is 8.64. The fourth-order valence-corrected chi connectivity index (χ4v) is 3.08. The molecular weight excluding hydrogens is 324 g/mol. The van der Waals surface area contributed by atoms with Crippen LogP contribution in [0.2, 0.25) is 5.15 Å². The maximum atomic E-state index is 10.8. The van der Waals surface area contributed by atoms with Gasteiger partial charge in [-0.2, -0.15) is 0 Å². The van der Waals surface area contributed by atoms with Gasteiger partial charge in [-0.3, -0.25) is 4.79 Å². The summed E-state index contributed by atoms with van der Waals surface area (Å²) in [7, 11) is 0. The molecule has 3 rings (SSSR count). The number of piperidine rings is 1. The Morgan fingerprint density at radius 1 is 1.25 bits per heavy atom. The minimum absolute atomic E-state index is 0.349. The number of hydrogen-bond acceptors (Lipinski definition) is 5. The van der Waals surface area contributed by atoms with E-state index in [-0.39, 0.29) is 0 Å². The van der Waals surface area contributed by atoms with Crippen molar-refractivity contribution < 1.29 is 4.79 Å². The maximum absolute atomic E-state index is 10.8. The molecule has 2 N–H and O–H groups in total. The molecule has 1 atom stereocenters. The third-order valence-corrected chi connectivity index (χ3v) is 4.26. The van der Waals surface area contributed by atoms with Crippen LogP contribution in [0.1, 0.15) is 48.5 Å². The second-order valence-electron chi connectivity index (χ2n) is 5.51. The Labute approximate surface area is 147 Å². The van der Waals surface area contributed by atoms with Crippen LogP contribution in [0.5, 0.6) is 0 Å². The number of hydrogen-bond donors (Lipinski definition) is 1. The zero-order valence-corrected chi connectivity index (χ0v) is 14.8. The van der Waals surface area contributed by atoms with Gasteiger partial charge in [-0.25, -0.2) is 0 Å². The molecule has 6 heteroatoms. The van der Waals surface area contributed by atoms with Crippen molar-refractivity contribution in [3.63, 3.8) is 0 Å². The topological polar surface area (TPSA) is 72.1 Å². The van der Waals surface area contributed by atoms with Crippen molar-refractivity contribution in [2.75, 3.05) is 23.7 Å². The first-order chi connectivity index (χ1) is 11.7. The Morgan fingerprint density at radius 3 is 2.62 bits per heavy atom. The molecule has 5 nitrogen and oxygen atoms in total. The molecule has 0 amide bonds. The highest BCUT2D eigenvalue weighted by Gasteiger charge is 2.23. The molecule has 1 saturated heterocycles. The van der Waals surface area contributed by atoms with Gasteiger partial charge < -0.3 is 10.6 Å². The van der Waals surface area contributed by atoms with E-state index < -0.39 is 0 Å². The highest BCUT2D eigenvalue weighted by molar-refractivity contribution is 6.29. The van der Waals surface area contributed by atoms with Crippen molar-refractivity contribution in [2.24, 2.45) is 0 Å². The molecule has 128 valence electrons. The molecule has 0 aliphatic carbocycles. The summed E-state index contributed by atoms with van der Waals surface area (Å²) in [6.45, 7) is 5.78. The normalized spacial score (nSPS) is 17.0. The summed E-state index contributed by atoms with van der Waals surface area (Å²) < 4.78 is 0. The molecule has 0 bridgehead atoms. The van der Waals surface area contributed by atoms with Crippen molar-refractivity contribution >= 4 is 29.4 Å². The van der Waals surface area contributed by atoms with Crippen LogP contribution in [0.25, 0.3) is 0 Å². The van der Waals surface area contributed by atoms with Crippen molar-refractivity contribution in [1.82, 2.24) is 10.2 Å². The predicted octanol–water partition coefficient (Wildman–Crippen LogP) is 3.93. The number of carbonyl (C=O) groups is 1. The van der Waals surface area contributed by atoms with Gasteiger partial charge in [0.05, 0.1) is 5.69 Å². The van der Waals surface area contributed by atoms with Gasteiger partial charge in [0, 0.05) is 30.6 Å². The van der Waals surface area contributed by atoms with E-state index in [1.807, 2.05) is 38.1 Å². The van der Waals surface area contributed by atoms with Gasteiger partial charge in [-0.15, -0.1) is 10.2 Å². The quantitative estimate of drug-likeness (QED) is 0.852. The number of nitrogens with two attached hydrogens (primary N) is 1. The van der Waals surface area contributed by atoms with Crippen LogP contribution < -0.4 is 10.6 Å². The minimum atomic E-state index is 0.349. The van der Waals surface area contributed by atoms with Crippen molar-refractivity contribution in [1.29, 1.82) is 0 Å². The average Bonchev–Trinajstić information content (AvgIpc) is 2.65. The molecule has 1 unspecified atom stereocenters. The summed E-state index contributed by atoms with van der Waals surface area (Å²) in [5.74, 6) is 0.808. The van der Waals surface area contributed by atoms with E-state index in [9.17, 15) is 4.79 Å². The molecule has 2 heterocycles. The van der Waals surface area contributed by atoms with Crippen molar-refractivity contribution in [3.05, 3.63) is 46.6 Å². The third-order valence-electron chi connectivity index (χ3n) is 4.08. The monoisotopic (exact) mass is 346 g/mol. The van der Waals surface area contributed by atoms with Gasteiger partial charge in [-0.05, 0) is 18.4 Å². The molecule has 0 saturated carbocycles. The average molecular weight is 347 g/mol. The Morgan fingerprint density at radius 2 is 1.96 bits per heavy atom. The van der Waals surface area contributed by atoms with Crippen molar-refractivity contribution in [2.45, 2.75) is 32.6 Å². The van der Waals surface area contributed by atoms with E-state index in [0.29, 0.717) is 22.5 Å². The number of halogens is 1. The number of carbonyl (C=O) groups excluding carboxylic acids is 1. The Balaban J connectivity index is 0.00000100. The zero-order valence-electron chi connectivity index (χ0n) is 14.1. The number of nitrogens with zero attached hydrogens (tertiary/aromatic N) is 3. The van der Waals surface area contributed by atoms with Crippen LogP contribution in [0.4, 0.5) is 11.5 Å². The van der Waals surface area contributed by atoms with Gasteiger partial charge in [-0.1, -0.05) is 49.7 Å². The standard InChI is InChI=1S/C16H17ClN4O.C2H6/c17-15-8-14(16(18)20-19-15)21-7-1-2-13(9-21)12-5-3-11(10-22)4-6-12;1-2/h3-6,8,10,13H,1-2,7,9H2,(H2,18,20);1-2H3. The largest absolute Gasteiger partial charge is 0.380 e. The lowest BCUT2D eigenvalue weighted by atomic mass is 9.90. The molecule has 1 aliphatic rings. The van der Waals surface area contributed by atoms with Crippen LogP contribution in [-0.2, 0) is 0 Å². The predicted molar refractivity (Wildman–Crippen MR) is 98.8 cm³/mol. The second-order valence-corrected chi connectivity index (χ2v) is 5.89. The molecule has 1 aliphatic heterocycles. The van der Waals surface area contributed by atoms with E-state index >= 15 is 0 Å². The Hall–Kier alpha value is -2.14. The maximum Gasteiger partial charge on any atom is 0.169 e. The molecule has 2 aromatic rings. The molecular formula is C18H23ClN4O. The molecule has 0 spiro atoms. The summed E-state index contributed by atoms with van der Waals surface area (Å²) in [5.41, 5.74) is 8.71. The first-order valence-corrected chi connectivity index (χ1v) is 8.64. The van der Waals surface area contributed by atoms with Crippen LogP contribution in [0.15, 0.2) is 30.3 Å². The highest BCUT2D eigenvalue weighted by atomic mass is 35.5. The zero-order chi connectivity index (χ0) is 17.5. The lowest BCUT2D eigenvalue weighted by Gasteiger charge is -2.35. The van der Waals surface area contributed by atoms with Crippen molar-refractivity contribution in [3.8, 4) is 0 Å². The summed E-state index contributed by atoms with van der Waals surface area (Å²) >= 11 is 5.93. The Kier molecular flexibility index (Phi) is 6.55. The number of benzene rings is 1. The summed E-state index contributed by atoms with van der Waals surface area (Å²) in [6.07, 6.45) is 3.05. The summed E-state index contributed by atoms with van der Waals surface area (Å²) in [6, 6.07) is 9.54. The number of anilines is 2. The molecule has 24 heavy (non-hydrogen) atoms. The van der Waals surface area contributed by atoms with E-state index in [4.69, 9.17) is 17.3 Å². The van der Waals surface area contributed by atoms with Crippen LogP contribution >= 0.6 is 11.6 Å².